The molecular weight excluding hydrogens is 380 g/mol. The Morgan fingerprint density at radius 1 is 1.00 bits per heavy atom. The Kier molecular flexibility index (Phi) is 8.28. The van der Waals surface area contributed by atoms with E-state index in [9.17, 15) is 9.90 Å². The van der Waals surface area contributed by atoms with Crippen molar-refractivity contribution < 1.29 is 9.90 Å². The van der Waals surface area contributed by atoms with Crippen molar-refractivity contribution in [3.05, 3.63) is 75.4 Å². The van der Waals surface area contributed by atoms with Gasteiger partial charge in [-0.25, -0.2) is 0 Å². The highest BCUT2D eigenvalue weighted by Gasteiger charge is 2.29. The van der Waals surface area contributed by atoms with Crippen LogP contribution in [0.5, 0.6) is 0 Å². The predicted octanol–water partition coefficient (Wildman–Crippen LogP) is 7.91. The van der Waals surface area contributed by atoms with Crippen LogP contribution in [0.1, 0.15) is 87.3 Å². The number of aryl methyl sites for hydroxylation is 4. The van der Waals surface area contributed by atoms with E-state index in [2.05, 4.69) is 84.9 Å². The second kappa shape index (κ2) is 10.3. The summed E-state index contributed by atoms with van der Waals surface area (Å²) in [6.45, 7) is 17.0. The molecule has 0 radical (unpaired) electrons. The van der Waals surface area contributed by atoms with Gasteiger partial charge in [-0.1, -0.05) is 76.1 Å². The highest BCUT2D eigenvalue weighted by molar-refractivity contribution is 5.89. The van der Waals surface area contributed by atoms with Crippen LogP contribution in [0, 0.1) is 32.1 Å². The van der Waals surface area contributed by atoms with E-state index < -0.39 is 11.9 Å². The van der Waals surface area contributed by atoms with Crippen LogP contribution in [0.25, 0.3) is 5.57 Å². The molecule has 0 bridgehead atoms. The quantitative estimate of drug-likeness (QED) is 0.471. The topological polar surface area (TPSA) is 37.3 Å². The van der Waals surface area contributed by atoms with Gasteiger partial charge in [0.15, 0.2) is 0 Å². The number of carboxylic acid groups (broad SMARTS) is 1. The zero-order chi connectivity index (χ0) is 23.3. The van der Waals surface area contributed by atoms with Crippen LogP contribution in [0.2, 0.25) is 0 Å². The molecule has 0 fully saturated rings. The molecule has 0 aliphatic rings. The second-order valence-electron chi connectivity index (χ2n) is 10.2. The SMILES string of the molecule is CCCCc1cc(/C(=C(/C)C(CC(C)(C)C)C(=O)O)c2c(C)cccc2C)ccc1C. The molecule has 2 aromatic carbocycles. The maximum absolute atomic E-state index is 12.4. The van der Waals surface area contributed by atoms with Crippen molar-refractivity contribution in [2.45, 2.75) is 81.1 Å². The summed E-state index contributed by atoms with van der Waals surface area (Å²) in [6.07, 6.45) is 3.99. The first-order valence-electron chi connectivity index (χ1n) is 11.6. The Bertz CT molecular complexity index is 937. The summed E-state index contributed by atoms with van der Waals surface area (Å²) in [4.78, 5) is 12.4. The molecule has 31 heavy (non-hydrogen) atoms. The molecule has 1 atom stereocenters. The lowest BCUT2D eigenvalue weighted by Gasteiger charge is -2.27. The molecule has 0 aromatic heterocycles. The van der Waals surface area contributed by atoms with Gasteiger partial charge in [0.1, 0.15) is 0 Å². The van der Waals surface area contributed by atoms with Gasteiger partial charge in [-0.15, -0.1) is 0 Å². The average molecular weight is 421 g/mol. The van der Waals surface area contributed by atoms with E-state index in [1.807, 2.05) is 6.92 Å². The minimum absolute atomic E-state index is 0.0736. The molecule has 0 saturated carbocycles. The summed E-state index contributed by atoms with van der Waals surface area (Å²) in [5.74, 6) is -1.26. The van der Waals surface area contributed by atoms with Crippen molar-refractivity contribution in [2.75, 3.05) is 0 Å². The molecule has 168 valence electrons. The van der Waals surface area contributed by atoms with E-state index in [4.69, 9.17) is 0 Å². The van der Waals surface area contributed by atoms with Crippen molar-refractivity contribution in [1.29, 1.82) is 0 Å². The van der Waals surface area contributed by atoms with Gasteiger partial charge in [-0.3, -0.25) is 4.79 Å². The third kappa shape index (κ3) is 6.32. The third-order valence-corrected chi connectivity index (χ3v) is 6.20. The highest BCUT2D eigenvalue weighted by atomic mass is 16.4. The molecular formula is C29H40O2. The van der Waals surface area contributed by atoms with E-state index in [0.29, 0.717) is 6.42 Å². The van der Waals surface area contributed by atoms with Gasteiger partial charge < -0.3 is 5.11 Å². The van der Waals surface area contributed by atoms with Crippen LogP contribution in [0.15, 0.2) is 42.0 Å². The summed E-state index contributed by atoms with van der Waals surface area (Å²) in [7, 11) is 0. The van der Waals surface area contributed by atoms with E-state index in [1.54, 1.807) is 0 Å². The number of carboxylic acids is 1. The maximum Gasteiger partial charge on any atom is 0.310 e. The summed E-state index contributed by atoms with van der Waals surface area (Å²) >= 11 is 0. The number of unbranched alkanes of at least 4 members (excludes halogenated alkanes) is 1. The Morgan fingerprint density at radius 3 is 2.13 bits per heavy atom. The van der Waals surface area contributed by atoms with E-state index in [-0.39, 0.29) is 5.41 Å². The molecule has 0 aliphatic heterocycles. The Balaban J connectivity index is 2.82. The molecule has 2 nitrogen and oxygen atoms in total. The minimum atomic E-state index is -0.741. The fourth-order valence-corrected chi connectivity index (χ4v) is 4.45. The van der Waals surface area contributed by atoms with Crippen LogP contribution in [-0.2, 0) is 11.2 Å². The first kappa shape index (κ1) is 24.9. The monoisotopic (exact) mass is 420 g/mol. The molecule has 0 heterocycles. The number of carbonyl (C=O) groups is 1. The molecule has 0 amide bonds. The number of hydrogen-bond acceptors (Lipinski definition) is 1. The van der Waals surface area contributed by atoms with Gasteiger partial charge in [0.25, 0.3) is 0 Å². The van der Waals surface area contributed by atoms with Gasteiger partial charge in [0, 0.05) is 0 Å². The number of hydrogen-bond donors (Lipinski definition) is 1. The summed E-state index contributed by atoms with van der Waals surface area (Å²) in [5.41, 5.74) is 9.30. The summed E-state index contributed by atoms with van der Waals surface area (Å²) in [5, 5.41) is 10.2. The van der Waals surface area contributed by atoms with Crippen LogP contribution in [0.4, 0.5) is 0 Å². The lowest BCUT2D eigenvalue weighted by atomic mass is 9.77. The number of benzene rings is 2. The average Bonchev–Trinajstić information content (AvgIpc) is 2.67. The summed E-state index contributed by atoms with van der Waals surface area (Å²) in [6, 6.07) is 13.0. The normalized spacial score (nSPS) is 13.7. The lowest BCUT2D eigenvalue weighted by Crippen LogP contribution is -2.23. The van der Waals surface area contributed by atoms with Crippen molar-refractivity contribution in [3.63, 3.8) is 0 Å². The van der Waals surface area contributed by atoms with Crippen LogP contribution < -0.4 is 0 Å². The Morgan fingerprint density at radius 2 is 1.61 bits per heavy atom. The largest absolute Gasteiger partial charge is 0.481 e. The van der Waals surface area contributed by atoms with Crippen molar-refractivity contribution in [2.24, 2.45) is 11.3 Å². The molecule has 1 unspecified atom stereocenters. The molecule has 2 heteroatoms. The van der Waals surface area contributed by atoms with Gasteiger partial charge in [0.2, 0.25) is 0 Å². The van der Waals surface area contributed by atoms with Crippen LogP contribution in [0.3, 0.4) is 0 Å². The molecule has 1 N–H and O–H groups in total. The van der Waals surface area contributed by atoms with Gasteiger partial charge >= 0.3 is 5.97 Å². The maximum atomic E-state index is 12.4. The predicted molar refractivity (Wildman–Crippen MR) is 133 cm³/mol. The fourth-order valence-electron chi connectivity index (χ4n) is 4.45. The lowest BCUT2D eigenvalue weighted by molar-refractivity contribution is -0.141. The first-order chi connectivity index (χ1) is 14.5. The minimum Gasteiger partial charge on any atom is -0.481 e. The first-order valence-corrected chi connectivity index (χ1v) is 11.6. The fraction of sp³-hybridized carbons (Fsp3) is 0.483. The third-order valence-electron chi connectivity index (χ3n) is 6.20. The van der Waals surface area contributed by atoms with Gasteiger partial charge in [0.05, 0.1) is 5.92 Å². The molecule has 0 spiro atoms. The molecule has 2 rings (SSSR count). The molecule has 0 saturated heterocycles. The second-order valence-corrected chi connectivity index (χ2v) is 10.2. The molecule has 2 aromatic rings. The summed E-state index contributed by atoms with van der Waals surface area (Å²) < 4.78 is 0. The Labute approximate surface area is 189 Å². The number of rotatable bonds is 8. The van der Waals surface area contributed by atoms with Crippen LogP contribution in [-0.4, -0.2) is 11.1 Å². The van der Waals surface area contributed by atoms with E-state index in [0.717, 1.165) is 36.0 Å². The zero-order valence-corrected chi connectivity index (χ0v) is 20.7. The van der Waals surface area contributed by atoms with Crippen LogP contribution >= 0.6 is 0 Å². The smallest absolute Gasteiger partial charge is 0.310 e. The van der Waals surface area contributed by atoms with E-state index >= 15 is 0 Å². The Hall–Kier alpha value is -2.35. The van der Waals surface area contributed by atoms with Crippen molar-refractivity contribution >= 4 is 11.5 Å². The van der Waals surface area contributed by atoms with Gasteiger partial charge in [-0.2, -0.15) is 0 Å². The zero-order valence-electron chi connectivity index (χ0n) is 20.7. The van der Waals surface area contributed by atoms with Crippen molar-refractivity contribution in [3.8, 4) is 0 Å². The van der Waals surface area contributed by atoms with E-state index in [1.165, 1.54) is 27.8 Å². The van der Waals surface area contributed by atoms with Gasteiger partial charge in [-0.05, 0) is 91.3 Å². The number of aliphatic carboxylic acids is 1. The standard InChI is InChI=1S/C29H40O2/c1-9-10-14-23-17-24(16-15-19(23)2)27(26-20(3)12-11-13-21(26)4)22(5)25(28(30)31)18-29(6,7)8/h11-13,15-17,25H,9-10,14,18H2,1-8H3,(H,30,31)/b27-22+. The highest BCUT2D eigenvalue weighted by Crippen LogP contribution is 2.38. The van der Waals surface area contributed by atoms with Crippen molar-refractivity contribution in [1.82, 2.24) is 0 Å². The molecule has 0 aliphatic carbocycles.